The van der Waals surface area contributed by atoms with Gasteiger partial charge in [-0.15, -0.1) is 32.9 Å². The lowest BCUT2D eigenvalue weighted by molar-refractivity contribution is 0.0949. The summed E-state index contributed by atoms with van der Waals surface area (Å²) in [5.41, 5.74) is 2.69. The second-order valence-corrected chi connectivity index (χ2v) is 9.46. The predicted molar refractivity (Wildman–Crippen MR) is 124 cm³/mol. The van der Waals surface area contributed by atoms with Gasteiger partial charge in [0, 0.05) is 11.9 Å². The van der Waals surface area contributed by atoms with E-state index in [-0.39, 0.29) is 5.91 Å². The Morgan fingerprint density at radius 3 is 2.87 bits per heavy atom. The molecule has 154 valence electrons. The van der Waals surface area contributed by atoms with Gasteiger partial charge in [-0.05, 0) is 42.5 Å². The molecule has 9 heteroatoms. The van der Waals surface area contributed by atoms with Gasteiger partial charge in [-0.3, -0.25) is 9.36 Å². The number of carbonyl (C=O) groups is 1. The van der Waals surface area contributed by atoms with E-state index in [1.807, 2.05) is 29.8 Å². The summed E-state index contributed by atoms with van der Waals surface area (Å²) in [5, 5.41) is 17.3. The summed E-state index contributed by atoms with van der Waals surface area (Å²) in [6, 6.07) is 12.4. The smallest absolute Gasteiger partial charge is 0.270 e. The second-order valence-electron chi connectivity index (χ2n) is 6.63. The molecule has 6 nitrogen and oxygen atoms in total. The number of thiophene rings is 1. The molecule has 1 amide bonds. The van der Waals surface area contributed by atoms with Crippen molar-refractivity contribution in [1.82, 2.24) is 25.1 Å². The Kier molecular flexibility index (Phi) is 6.61. The van der Waals surface area contributed by atoms with Crippen LogP contribution in [-0.4, -0.2) is 32.2 Å². The average molecular weight is 456 g/mol. The third kappa shape index (κ3) is 4.63. The summed E-state index contributed by atoms with van der Waals surface area (Å²) in [6.45, 7) is 4.76. The lowest BCUT2D eigenvalue weighted by atomic mass is 10.2. The van der Waals surface area contributed by atoms with Gasteiger partial charge in [0.25, 0.3) is 5.91 Å². The summed E-state index contributed by atoms with van der Waals surface area (Å²) >= 11 is 4.71. The Labute approximate surface area is 187 Å². The highest BCUT2D eigenvalue weighted by Gasteiger charge is 2.18. The predicted octanol–water partition coefficient (Wildman–Crippen LogP) is 5.19. The van der Waals surface area contributed by atoms with E-state index < -0.39 is 0 Å². The molecule has 4 aromatic rings. The molecule has 0 aliphatic carbocycles. The van der Waals surface area contributed by atoms with E-state index in [1.54, 1.807) is 23.1 Å². The highest BCUT2D eigenvalue weighted by Crippen LogP contribution is 2.32. The molecule has 3 heterocycles. The van der Waals surface area contributed by atoms with Crippen molar-refractivity contribution in [3.8, 4) is 16.4 Å². The first-order valence-electron chi connectivity index (χ1n) is 9.57. The van der Waals surface area contributed by atoms with Crippen LogP contribution in [0.5, 0.6) is 0 Å². The van der Waals surface area contributed by atoms with Crippen molar-refractivity contribution < 1.29 is 4.79 Å². The van der Waals surface area contributed by atoms with Crippen LogP contribution in [0.15, 0.2) is 52.3 Å². The molecule has 30 heavy (non-hydrogen) atoms. The normalized spacial score (nSPS) is 11.0. The van der Waals surface area contributed by atoms with Gasteiger partial charge >= 0.3 is 0 Å². The van der Waals surface area contributed by atoms with Crippen molar-refractivity contribution in [2.24, 2.45) is 0 Å². The first-order valence-corrected chi connectivity index (χ1v) is 12.3. The maximum absolute atomic E-state index is 12.1. The number of thioether (sulfide) groups is 1. The van der Waals surface area contributed by atoms with Crippen LogP contribution in [-0.2, 0) is 5.75 Å². The zero-order valence-corrected chi connectivity index (χ0v) is 19.1. The molecule has 0 unspecified atom stereocenters. The van der Waals surface area contributed by atoms with Crippen molar-refractivity contribution >= 4 is 40.3 Å². The highest BCUT2D eigenvalue weighted by molar-refractivity contribution is 7.98. The Balaban J connectivity index is 1.58. The van der Waals surface area contributed by atoms with Gasteiger partial charge in [0.1, 0.15) is 10.7 Å². The van der Waals surface area contributed by atoms with Crippen LogP contribution in [0.3, 0.4) is 0 Å². The number of hydrogen-bond acceptors (Lipinski definition) is 7. The lowest BCUT2D eigenvalue weighted by Crippen LogP contribution is -2.24. The van der Waals surface area contributed by atoms with Crippen LogP contribution >= 0.6 is 34.4 Å². The molecule has 0 aliphatic rings. The molecule has 4 rings (SSSR count). The second kappa shape index (κ2) is 9.55. The number of thiazole rings is 1. The molecule has 0 saturated carbocycles. The quantitative estimate of drug-likeness (QED) is 0.370. The molecule has 1 aromatic carbocycles. The summed E-state index contributed by atoms with van der Waals surface area (Å²) in [7, 11) is 0. The van der Waals surface area contributed by atoms with E-state index in [0.717, 1.165) is 33.0 Å². The molecule has 0 atom stereocenters. The number of nitrogens with zero attached hydrogens (tertiary/aromatic N) is 4. The van der Waals surface area contributed by atoms with Gasteiger partial charge in [-0.2, -0.15) is 0 Å². The average Bonchev–Trinajstić information content (AvgIpc) is 3.50. The van der Waals surface area contributed by atoms with Gasteiger partial charge in [-0.1, -0.05) is 36.9 Å². The molecule has 0 fully saturated rings. The van der Waals surface area contributed by atoms with E-state index in [4.69, 9.17) is 0 Å². The third-order valence-electron chi connectivity index (χ3n) is 4.28. The fourth-order valence-electron chi connectivity index (χ4n) is 2.87. The highest BCUT2D eigenvalue weighted by atomic mass is 32.2. The Hall–Kier alpha value is -2.49. The number of nitrogens with one attached hydrogen (secondary N) is 1. The van der Waals surface area contributed by atoms with Crippen molar-refractivity contribution in [3.05, 3.63) is 63.4 Å². The molecule has 0 saturated heterocycles. The number of carbonyl (C=O) groups excluding carboxylic acids is 1. The molecule has 0 spiro atoms. The van der Waals surface area contributed by atoms with Crippen LogP contribution in [0.2, 0.25) is 0 Å². The van der Waals surface area contributed by atoms with Crippen molar-refractivity contribution in [3.63, 3.8) is 0 Å². The van der Waals surface area contributed by atoms with Crippen LogP contribution < -0.4 is 5.32 Å². The third-order valence-corrected chi connectivity index (χ3v) is 7.12. The molecule has 1 N–H and O–H groups in total. The SMILES string of the molecule is CCCNC(=O)c1csc(CSc2nnc(-c3cccs3)n2-c2cccc(C)c2)n1. The molecular formula is C21H21N5OS3. The number of amides is 1. The van der Waals surface area contributed by atoms with Crippen LogP contribution in [0, 0.1) is 6.92 Å². The molecular weight excluding hydrogens is 434 g/mol. The van der Waals surface area contributed by atoms with E-state index in [2.05, 4.69) is 56.3 Å². The number of benzene rings is 1. The zero-order chi connectivity index (χ0) is 20.9. The van der Waals surface area contributed by atoms with Crippen molar-refractivity contribution in [2.45, 2.75) is 31.2 Å². The minimum absolute atomic E-state index is 0.118. The minimum atomic E-state index is -0.118. The number of hydrogen-bond donors (Lipinski definition) is 1. The van der Waals surface area contributed by atoms with Gasteiger partial charge in [0.15, 0.2) is 11.0 Å². The standard InChI is InChI=1S/C21H21N5OS3/c1-3-9-22-20(27)16-12-29-18(23-16)13-30-21-25-24-19(17-8-5-10-28-17)26(21)15-7-4-6-14(2)11-15/h4-8,10-12H,3,9,13H2,1-2H3,(H,22,27). The lowest BCUT2D eigenvalue weighted by Gasteiger charge is -2.10. The monoisotopic (exact) mass is 455 g/mol. The zero-order valence-electron chi connectivity index (χ0n) is 16.7. The Morgan fingerprint density at radius 1 is 1.20 bits per heavy atom. The van der Waals surface area contributed by atoms with Gasteiger partial charge in [0.2, 0.25) is 0 Å². The van der Waals surface area contributed by atoms with E-state index >= 15 is 0 Å². The first kappa shape index (κ1) is 20.8. The number of aryl methyl sites for hydroxylation is 1. The van der Waals surface area contributed by atoms with Crippen LogP contribution in [0.25, 0.3) is 16.4 Å². The fourth-order valence-corrected chi connectivity index (χ4v) is 5.31. The Morgan fingerprint density at radius 2 is 2.10 bits per heavy atom. The van der Waals surface area contributed by atoms with E-state index in [1.165, 1.54) is 16.9 Å². The summed E-state index contributed by atoms with van der Waals surface area (Å²) in [6.07, 6.45) is 0.903. The summed E-state index contributed by atoms with van der Waals surface area (Å²) in [4.78, 5) is 17.6. The molecule has 0 aliphatic heterocycles. The summed E-state index contributed by atoms with van der Waals surface area (Å²) in [5.74, 6) is 1.34. The maximum Gasteiger partial charge on any atom is 0.270 e. The number of aromatic nitrogens is 4. The van der Waals surface area contributed by atoms with Crippen molar-refractivity contribution in [2.75, 3.05) is 6.54 Å². The largest absolute Gasteiger partial charge is 0.351 e. The van der Waals surface area contributed by atoms with Crippen molar-refractivity contribution in [1.29, 1.82) is 0 Å². The fraction of sp³-hybridized carbons (Fsp3) is 0.238. The molecule has 0 radical (unpaired) electrons. The van der Waals surface area contributed by atoms with Crippen LogP contribution in [0.4, 0.5) is 0 Å². The number of rotatable bonds is 8. The first-order chi connectivity index (χ1) is 14.7. The van der Waals surface area contributed by atoms with Gasteiger partial charge < -0.3 is 5.32 Å². The maximum atomic E-state index is 12.1. The Bertz CT molecular complexity index is 1130. The molecule has 0 bridgehead atoms. The van der Waals surface area contributed by atoms with Gasteiger partial charge in [-0.25, -0.2) is 4.98 Å². The van der Waals surface area contributed by atoms with E-state index in [9.17, 15) is 4.79 Å². The topological polar surface area (TPSA) is 72.7 Å². The summed E-state index contributed by atoms with van der Waals surface area (Å²) < 4.78 is 2.09. The minimum Gasteiger partial charge on any atom is -0.351 e. The van der Waals surface area contributed by atoms with Crippen LogP contribution in [0.1, 0.15) is 34.4 Å². The van der Waals surface area contributed by atoms with Gasteiger partial charge in [0.05, 0.1) is 16.3 Å². The van der Waals surface area contributed by atoms with E-state index in [0.29, 0.717) is 18.0 Å². The molecule has 3 aromatic heterocycles.